The Morgan fingerprint density at radius 3 is 1.85 bits per heavy atom. The molecular formula is C14H15NO11. The van der Waals surface area contributed by atoms with Gasteiger partial charge in [-0.05, 0) is 12.1 Å². The first-order valence-corrected chi connectivity index (χ1v) is 7.11. The fourth-order valence-electron chi connectivity index (χ4n) is 2.08. The van der Waals surface area contributed by atoms with Crippen molar-refractivity contribution in [2.75, 3.05) is 0 Å². The highest BCUT2D eigenvalue weighted by Crippen LogP contribution is 2.23. The lowest BCUT2D eigenvalue weighted by molar-refractivity contribution is -0.452. The summed E-state index contributed by atoms with van der Waals surface area (Å²) in [6, 6.07) is 5.69. The molecule has 0 spiro atoms. The third-order valence-corrected chi connectivity index (χ3v) is 3.54. The number of benzene rings is 1. The van der Waals surface area contributed by atoms with E-state index in [1.54, 1.807) is 0 Å². The number of rotatable bonds is 8. The van der Waals surface area contributed by atoms with Crippen molar-refractivity contribution in [1.29, 1.82) is 0 Å². The van der Waals surface area contributed by atoms with Crippen LogP contribution in [-0.2, 0) is 14.7 Å². The van der Waals surface area contributed by atoms with Gasteiger partial charge in [0.05, 0.1) is 11.1 Å². The molecule has 12 nitrogen and oxygen atoms in total. The minimum Gasteiger partial charge on any atom is -0.479 e. The van der Waals surface area contributed by atoms with Crippen LogP contribution >= 0.6 is 0 Å². The van der Waals surface area contributed by atoms with Gasteiger partial charge in [0.15, 0.2) is 6.10 Å². The largest absolute Gasteiger partial charge is 0.479 e. The Morgan fingerprint density at radius 1 is 0.885 bits per heavy atom. The molecule has 26 heavy (non-hydrogen) atoms. The molecule has 1 aliphatic heterocycles. The summed E-state index contributed by atoms with van der Waals surface area (Å²) in [6.07, 6.45) is -12.0. The molecule has 0 aromatic heterocycles. The van der Waals surface area contributed by atoms with E-state index < -0.39 is 48.5 Å². The van der Waals surface area contributed by atoms with E-state index in [2.05, 4.69) is 9.88 Å². The average molecular weight is 373 g/mol. The van der Waals surface area contributed by atoms with E-state index in [4.69, 9.17) is 10.2 Å². The average Bonchev–Trinajstić information content (AvgIpc) is 2.88. The van der Waals surface area contributed by atoms with Crippen molar-refractivity contribution in [3.63, 3.8) is 0 Å². The lowest BCUT2D eigenvalue weighted by atomic mass is 10.0. The summed E-state index contributed by atoms with van der Waals surface area (Å²) in [4.78, 5) is 43.1. The van der Waals surface area contributed by atoms with Crippen molar-refractivity contribution in [2.24, 2.45) is 0 Å². The Hall–Kier alpha value is -2.45. The third-order valence-electron chi connectivity index (χ3n) is 3.54. The quantitative estimate of drug-likeness (QED) is 0.118. The van der Waals surface area contributed by atoms with E-state index in [9.17, 15) is 34.8 Å². The number of hydrogen-bond donors (Lipinski definition) is 6. The van der Waals surface area contributed by atoms with Crippen LogP contribution in [0.3, 0.4) is 0 Å². The van der Waals surface area contributed by atoms with Crippen molar-refractivity contribution in [2.45, 2.75) is 30.7 Å². The first kappa shape index (κ1) is 19.9. The van der Waals surface area contributed by atoms with Crippen LogP contribution in [0.15, 0.2) is 24.3 Å². The summed E-state index contributed by atoms with van der Waals surface area (Å²) in [7, 11) is 0. The number of carboxylic acids is 1. The molecule has 0 aliphatic carbocycles. The molecule has 0 saturated heterocycles. The van der Waals surface area contributed by atoms with Gasteiger partial charge in [-0.15, -0.1) is 5.06 Å². The van der Waals surface area contributed by atoms with E-state index in [1.165, 1.54) is 24.3 Å². The van der Waals surface area contributed by atoms with Crippen molar-refractivity contribution in [1.82, 2.24) is 5.06 Å². The second-order valence-corrected chi connectivity index (χ2v) is 5.27. The summed E-state index contributed by atoms with van der Waals surface area (Å²) < 4.78 is 0. The lowest BCUT2D eigenvalue weighted by Crippen LogP contribution is -2.52. The van der Waals surface area contributed by atoms with Crippen LogP contribution in [0.4, 0.5) is 0 Å². The second kappa shape index (κ2) is 7.84. The molecule has 0 radical (unpaired) electrons. The minimum absolute atomic E-state index is 0.0103. The highest BCUT2D eigenvalue weighted by molar-refractivity contribution is 6.20. The molecule has 0 bridgehead atoms. The van der Waals surface area contributed by atoms with Crippen LogP contribution in [0.25, 0.3) is 0 Å². The maximum absolute atomic E-state index is 12.0. The molecule has 1 aliphatic rings. The van der Waals surface area contributed by atoms with E-state index >= 15 is 0 Å². The highest BCUT2D eigenvalue weighted by Gasteiger charge is 2.41. The molecule has 2 rings (SSSR count). The first-order chi connectivity index (χ1) is 12.2. The van der Waals surface area contributed by atoms with Gasteiger partial charge in [0, 0.05) is 0 Å². The van der Waals surface area contributed by atoms with Gasteiger partial charge in [0.1, 0.15) is 18.3 Å². The van der Waals surface area contributed by atoms with Crippen LogP contribution < -0.4 is 0 Å². The zero-order chi connectivity index (χ0) is 19.6. The summed E-state index contributed by atoms with van der Waals surface area (Å²) in [6.45, 7) is 0. The Labute approximate surface area is 144 Å². The van der Waals surface area contributed by atoms with Gasteiger partial charge < -0.3 is 30.6 Å². The van der Waals surface area contributed by atoms with Crippen molar-refractivity contribution < 1.29 is 54.9 Å². The van der Waals surface area contributed by atoms with Gasteiger partial charge in [0.25, 0.3) is 11.8 Å². The molecule has 2 amide bonds. The smallest absolute Gasteiger partial charge is 0.335 e. The molecule has 12 heteroatoms. The Morgan fingerprint density at radius 2 is 1.38 bits per heavy atom. The van der Waals surface area contributed by atoms with Crippen LogP contribution in [0.1, 0.15) is 20.7 Å². The maximum Gasteiger partial charge on any atom is 0.335 e. The number of hydrogen-bond acceptors (Lipinski definition) is 10. The number of aliphatic carboxylic acids is 1. The van der Waals surface area contributed by atoms with E-state index in [0.29, 0.717) is 0 Å². The number of aliphatic hydroxyl groups is 5. The normalized spacial score (nSPS) is 19.7. The number of carbonyl (C=O) groups is 3. The van der Waals surface area contributed by atoms with Gasteiger partial charge in [-0.3, -0.25) is 9.59 Å². The second-order valence-electron chi connectivity index (χ2n) is 5.27. The van der Waals surface area contributed by atoms with Gasteiger partial charge in [-0.2, -0.15) is 4.89 Å². The predicted molar refractivity (Wildman–Crippen MR) is 76.8 cm³/mol. The molecule has 1 aromatic carbocycles. The van der Waals surface area contributed by atoms with E-state index in [1.807, 2.05) is 0 Å². The van der Waals surface area contributed by atoms with Crippen LogP contribution in [0.5, 0.6) is 0 Å². The zero-order valence-corrected chi connectivity index (χ0v) is 12.9. The number of hydroxylamine groups is 2. The Kier molecular flexibility index (Phi) is 5.99. The van der Waals surface area contributed by atoms with E-state index in [0.717, 1.165) is 0 Å². The topological polar surface area (TPSA) is 194 Å². The summed E-state index contributed by atoms with van der Waals surface area (Å²) in [5.41, 5.74) is 0.0207. The number of fused-ring (bicyclic) bond motifs is 1. The monoisotopic (exact) mass is 373 g/mol. The minimum atomic E-state index is -2.45. The van der Waals surface area contributed by atoms with E-state index in [-0.39, 0.29) is 16.2 Å². The number of carboxylic acid groups (broad SMARTS) is 1. The first-order valence-electron chi connectivity index (χ1n) is 7.11. The lowest BCUT2D eigenvalue weighted by Gasteiger charge is -2.27. The third kappa shape index (κ3) is 3.71. The van der Waals surface area contributed by atoms with Crippen molar-refractivity contribution in [3.05, 3.63) is 35.4 Å². The number of aliphatic hydroxyl groups excluding tert-OH is 5. The van der Waals surface area contributed by atoms with Crippen LogP contribution in [-0.4, -0.2) is 84.2 Å². The fourth-order valence-corrected chi connectivity index (χ4v) is 2.08. The van der Waals surface area contributed by atoms with Gasteiger partial charge >= 0.3 is 5.97 Å². The summed E-state index contributed by atoms with van der Waals surface area (Å²) >= 11 is 0. The van der Waals surface area contributed by atoms with Crippen molar-refractivity contribution >= 4 is 17.8 Å². The SMILES string of the molecule is O=C(O)C(O)C(O)C(O)C(O)C(O)OON1C(=O)c2ccccc2C1=O. The number of nitrogens with zero attached hydrogens (tertiary/aromatic N) is 1. The Bertz CT molecular complexity index is 673. The standard InChI is InChI=1S/C14H15NO11/c16-7(9(18)13(22)23)8(17)10(19)14(24)25-26-15-11(20)5-3-1-2-4-6(5)12(15)21/h1-4,7-10,14,16-19,24H,(H,22,23). The molecule has 142 valence electrons. The molecular weight excluding hydrogens is 358 g/mol. The summed E-state index contributed by atoms with van der Waals surface area (Å²) in [5, 5.41) is 55.9. The summed E-state index contributed by atoms with van der Waals surface area (Å²) in [5.74, 6) is -3.70. The maximum atomic E-state index is 12.0. The molecule has 6 N–H and O–H groups in total. The van der Waals surface area contributed by atoms with Gasteiger partial charge in [-0.1, -0.05) is 17.1 Å². The molecule has 0 fully saturated rings. The number of carbonyl (C=O) groups excluding carboxylic acids is 2. The van der Waals surface area contributed by atoms with Crippen molar-refractivity contribution in [3.8, 4) is 0 Å². The van der Waals surface area contributed by atoms with Gasteiger partial charge in [0.2, 0.25) is 6.29 Å². The zero-order valence-electron chi connectivity index (χ0n) is 12.9. The number of amides is 2. The molecule has 1 aromatic rings. The fraction of sp³-hybridized carbons (Fsp3) is 0.357. The molecule has 0 saturated carbocycles. The predicted octanol–water partition coefficient (Wildman–Crippen LogP) is -3.01. The highest BCUT2D eigenvalue weighted by atomic mass is 17.3. The van der Waals surface area contributed by atoms with Gasteiger partial charge in [-0.25, -0.2) is 4.79 Å². The molecule has 5 unspecified atom stereocenters. The molecule has 5 atom stereocenters. The van der Waals surface area contributed by atoms with Crippen LogP contribution in [0, 0.1) is 0 Å². The Balaban J connectivity index is 1.96. The number of imide groups is 1. The molecule has 1 heterocycles. The van der Waals surface area contributed by atoms with Crippen LogP contribution in [0.2, 0.25) is 0 Å².